The Morgan fingerprint density at radius 1 is 1.13 bits per heavy atom. The lowest BCUT2D eigenvalue weighted by molar-refractivity contribution is -0.123. The zero-order chi connectivity index (χ0) is 22.0. The van der Waals surface area contributed by atoms with Crippen LogP contribution in [-0.2, 0) is 4.79 Å². The first-order valence-corrected chi connectivity index (χ1v) is 11.3. The van der Waals surface area contributed by atoms with Gasteiger partial charge in [-0.25, -0.2) is 0 Å². The van der Waals surface area contributed by atoms with E-state index in [0.29, 0.717) is 0 Å². The first kappa shape index (κ1) is 24.0. The molecule has 1 amide bonds. The van der Waals surface area contributed by atoms with E-state index in [2.05, 4.69) is 52.0 Å². The minimum absolute atomic E-state index is 0.216. The summed E-state index contributed by atoms with van der Waals surface area (Å²) in [4.78, 5) is 15.5. The van der Waals surface area contributed by atoms with Crippen LogP contribution in [0.1, 0.15) is 72.6 Å². The van der Waals surface area contributed by atoms with Gasteiger partial charge >= 0.3 is 0 Å². The highest BCUT2D eigenvalue weighted by atomic mass is 16.5. The lowest BCUT2D eigenvalue weighted by atomic mass is 9.81. The molecule has 164 valence electrons. The molecule has 3 heteroatoms. The first-order valence-electron chi connectivity index (χ1n) is 11.3. The Morgan fingerprint density at radius 3 is 2.50 bits per heavy atom. The molecule has 1 aromatic carbocycles. The third-order valence-corrected chi connectivity index (χ3v) is 5.90. The topological polar surface area (TPSA) is 29.5 Å². The van der Waals surface area contributed by atoms with Crippen molar-refractivity contribution in [1.29, 1.82) is 0 Å². The monoisotopic (exact) mass is 409 g/mol. The molecule has 2 rings (SSSR count). The number of amides is 1. The molecular formula is C27H39NO2. The Bertz CT molecular complexity index is 769. The Kier molecular flexibility index (Phi) is 9.42. The number of allylic oxidation sites excluding steroid dienone is 5. The molecule has 1 heterocycles. The molecule has 1 aromatic rings. The molecule has 1 aliphatic rings. The standard InChI is InChI=1S/C27H39NO2/c1-6-7-8-9-18-27(19-17-23(4)12-10-11-22(2)3)20-21-28(26(27)29)24-13-15-25(30-5)16-14-24/h9,11,13-18H,6-8,10,12,19-21H2,1-5H3/b18-9+,23-17+/t27-/m0/s1. The van der Waals surface area contributed by atoms with Gasteiger partial charge in [-0.05, 0) is 77.1 Å². The molecule has 0 N–H and O–H groups in total. The Labute approximate surface area is 183 Å². The summed E-state index contributed by atoms with van der Waals surface area (Å²) in [5.41, 5.74) is 3.25. The van der Waals surface area contributed by atoms with Gasteiger partial charge in [0.15, 0.2) is 0 Å². The summed E-state index contributed by atoms with van der Waals surface area (Å²) in [7, 11) is 1.66. The third-order valence-electron chi connectivity index (χ3n) is 5.90. The summed E-state index contributed by atoms with van der Waals surface area (Å²) in [6, 6.07) is 7.81. The smallest absolute Gasteiger partial charge is 0.237 e. The SMILES string of the molecule is CCCC/C=C/[C@]1(C/C=C(\C)CCC=C(C)C)CCN(c2ccc(OC)cc2)C1=O. The molecule has 0 spiro atoms. The van der Waals surface area contributed by atoms with E-state index in [-0.39, 0.29) is 5.91 Å². The van der Waals surface area contributed by atoms with Crippen molar-refractivity contribution < 1.29 is 9.53 Å². The van der Waals surface area contributed by atoms with Gasteiger partial charge in [0, 0.05) is 12.2 Å². The van der Waals surface area contributed by atoms with Crippen molar-refractivity contribution >= 4 is 11.6 Å². The Morgan fingerprint density at radius 2 is 1.87 bits per heavy atom. The maximum Gasteiger partial charge on any atom is 0.237 e. The fourth-order valence-electron chi connectivity index (χ4n) is 3.89. The van der Waals surface area contributed by atoms with E-state index in [1.165, 1.54) is 24.0 Å². The molecule has 0 saturated carbocycles. The summed E-state index contributed by atoms with van der Waals surface area (Å²) in [5, 5.41) is 0. The number of ether oxygens (including phenoxy) is 1. The second-order valence-corrected chi connectivity index (χ2v) is 8.68. The van der Waals surface area contributed by atoms with Gasteiger partial charge in [-0.2, -0.15) is 0 Å². The van der Waals surface area contributed by atoms with Crippen molar-refractivity contribution in [2.24, 2.45) is 5.41 Å². The van der Waals surface area contributed by atoms with E-state index in [0.717, 1.165) is 50.1 Å². The quantitative estimate of drug-likeness (QED) is 0.284. The van der Waals surface area contributed by atoms with Crippen LogP contribution in [-0.4, -0.2) is 19.6 Å². The van der Waals surface area contributed by atoms with Crippen LogP contribution in [0.15, 0.2) is 59.7 Å². The van der Waals surface area contributed by atoms with Gasteiger partial charge < -0.3 is 9.64 Å². The molecule has 0 radical (unpaired) electrons. The van der Waals surface area contributed by atoms with Crippen LogP contribution >= 0.6 is 0 Å². The number of methoxy groups -OCH3 is 1. The summed E-state index contributed by atoms with van der Waals surface area (Å²) >= 11 is 0. The first-order chi connectivity index (χ1) is 14.4. The second kappa shape index (κ2) is 11.8. The van der Waals surface area contributed by atoms with Crippen LogP contribution in [0, 0.1) is 5.41 Å². The largest absolute Gasteiger partial charge is 0.497 e. The van der Waals surface area contributed by atoms with Gasteiger partial charge in [-0.1, -0.05) is 55.2 Å². The van der Waals surface area contributed by atoms with E-state index in [4.69, 9.17) is 4.74 Å². The summed E-state index contributed by atoms with van der Waals surface area (Å²) < 4.78 is 5.26. The highest BCUT2D eigenvalue weighted by molar-refractivity contribution is 6.01. The summed E-state index contributed by atoms with van der Waals surface area (Å²) in [6.07, 6.45) is 16.1. The van der Waals surface area contributed by atoms with Crippen molar-refractivity contribution in [2.45, 2.75) is 72.6 Å². The number of anilines is 1. The number of unbranched alkanes of at least 4 members (excludes halogenated alkanes) is 2. The summed E-state index contributed by atoms with van der Waals surface area (Å²) in [6.45, 7) is 9.43. The maximum atomic E-state index is 13.6. The molecule has 0 aliphatic carbocycles. The van der Waals surface area contributed by atoms with Crippen molar-refractivity contribution in [3.05, 3.63) is 59.7 Å². The van der Waals surface area contributed by atoms with E-state index < -0.39 is 5.41 Å². The molecule has 1 saturated heterocycles. The van der Waals surface area contributed by atoms with E-state index >= 15 is 0 Å². The van der Waals surface area contributed by atoms with Crippen LogP contribution in [0.3, 0.4) is 0 Å². The zero-order valence-electron chi connectivity index (χ0n) is 19.5. The molecular weight excluding hydrogens is 370 g/mol. The van der Waals surface area contributed by atoms with Gasteiger partial charge in [0.25, 0.3) is 0 Å². The normalized spacial score (nSPS) is 19.6. The van der Waals surface area contributed by atoms with Crippen LogP contribution < -0.4 is 9.64 Å². The fourth-order valence-corrected chi connectivity index (χ4v) is 3.89. The number of hydrogen-bond acceptors (Lipinski definition) is 2. The average molecular weight is 410 g/mol. The van der Waals surface area contributed by atoms with Gasteiger partial charge in [0.2, 0.25) is 5.91 Å². The van der Waals surface area contributed by atoms with E-state index in [1.54, 1.807) is 7.11 Å². The number of carbonyl (C=O) groups is 1. The fraction of sp³-hybridized carbons (Fsp3) is 0.519. The molecule has 0 unspecified atom stereocenters. The van der Waals surface area contributed by atoms with E-state index in [1.807, 2.05) is 29.2 Å². The summed E-state index contributed by atoms with van der Waals surface area (Å²) in [5.74, 6) is 1.03. The highest BCUT2D eigenvalue weighted by Gasteiger charge is 2.44. The third kappa shape index (κ3) is 6.62. The van der Waals surface area contributed by atoms with Crippen LogP contribution in [0.5, 0.6) is 5.75 Å². The molecule has 3 nitrogen and oxygen atoms in total. The van der Waals surface area contributed by atoms with Crippen molar-refractivity contribution in [2.75, 3.05) is 18.6 Å². The number of nitrogens with zero attached hydrogens (tertiary/aromatic N) is 1. The predicted molar refractivity (Wildman–Crippen MR) is 128 cm³/mol. The molecule has 0 bridgehead atoms. The zero-order valence-corrected chi connectivity index (χ0v) is 19.5. The van der Waals surface area contributed by atoms with Crippen molar-refractivity contribution in [1.82, 2.24) is 0 Å². The minimum Gasteiger partial charge on any atom is -0.497 e. The number of carbonyl (C=O) groups excluding carboxylic acids is 1. The highest BCUT2D eigenvalue weighted by Crippen LogP contribution is 2.40. The number of hydrogen-bond donors (Lipinski definition) is 0. The van der Waals surface area contributed by atoms with Gasteiger partial charge in [0.05, 0.1) is 12.5 Å². The molecule has 30 heavy (non-hydrogen) atoms. The van der Waals surface area contributed by atoms with Crippen LogP contribution in [0.4, 0.5) is 5.69 Å². The van der Waals surface area contributed by atoms with Crippen molar-refractivity contribution in [3.63, 3.8) is 0 Å². The van der Waals surface area contributed by atoms with Crippen LogP contribution in [0.2, 0.25) is 0 Å². The van der Waals surface area contributed by atoms with Gasteiger partial charge in [-0.3, -0.25) is 4.79 Å². The van der Waals surface area contributed by atoms with Gasteiger partial charge in [-0.15, -0.1) is 0 Å². The van der Waals surface area contributed by atoms with Crippen LogP contribution in [0.25, 0.3) is 0 Å². The Hall–Kier alpha value is -2.29. The minimum atomic E-state index is -0.425. The Balaban J connectivity index is 2.18. The lowest BCUT2D eigenvalue weighted by Gasteiger charge is -2.24. The molecule has 0 aromatic heterocycles. The number of benzene rings is 1. The lowest BCUT2D eigenvalue weighted by Crippen LogP contribution is -2.33. The predicted octanol–water partition coefficient (Wildman–Crippen LogP) is 7.25. The average Bonchev–Trinajstić information content (AvgIpc) is 3.06. The number of rotatable bonds is 11. The van der Waals surface area contributed by atoms with E-state index in [9.17, 15) is 4.79 Å². The molecule has 1 aliphatic heterocycles. The maximum absolute atomic E-state index is 13.6. The second-order valence-electron chi connectivity index (χ2n) is 8.68. The molecule has 1 atom stereocenters. The van der Waals surface area contributed by atoms with Gasteiger partial charge in [0.1, 0.15) is 5.75 Å². The van der Waals surface area contributed by atoms with Crippen molar-refractivity contribution in [3.8, 4) is 5.75 Å². The molecule has 1 fully saturated rings.